The van der Waals surface area contributed by atoms with Crippen LogP contribution in [0.2, 0.25) is 0 Å². The lowest BCUT2D eigenvalue weighted by Gasteiger charge is -2.04. The second-order valence-electron chi connectivity index (χ2n) is 4.73. The molecule has 0 N–H and O–H groups in total. The molecular formula is C18H11FO4. The molecule has 0 saturated carbocycles. The van der Waals surface area contributed by atoms with Gasteiger partial charge in [-0.05, 0) is 35.9 Å². The summed E-state index contributed by atoms with van der Waals surface area (Å²) in [6, 6.07) is 13.5. The third-order valence-electron chi connectivity index (χ3n) is 3.10. The van der Waals surface area contributed by atoms with Crippen LogP contribution in [0, 0.1) is 5.82 Å². The standard InChI is InChI=1S/C18H11FO4/c19-13-8-5-12(6-9-13)7-10-17(20)23-16-11-18(21)22-15-4-2-1-3-14(15)16/h1-11H/b10-7+. The highest BCUT2D eigenvalue weighted by molar-refractivity contribution is 5.92. The van der Waals surface area contributed by atoms with Crippen molar-refractivity contribution in [1.82, 2.24) is 0 Å². The quantitative estimate of drug-likeness (QED) is 0.422. The van der Waals surface area contributed by atoms with E-state index in [0.717, 1.165) is 6.07 Å². The molecule has 0 aliphatic rings. The second-order valence-corrected chi connectivity index (χ2v) is 4.73. The summed E-state index contributed by atoms with van der Waals surface area (Å²) < 4.78 is 23.0. The zero-order valence-electron chi connectivity index (χ0n) is 11.9. The van der Waals surface area contributed by atoms with Crippen molar-refractivity contribution in [2.75, 3.05) is 0 Å². The molecule has 1 aromatic heterocycles. The number of hydrogen-bond acceptors (Lipinski definition) is 4. The van der Waals surface area contributed by atoms with Gasteiger partial charge in [0.05, 0.1) is 11.5 Å². The maximum Gasteiger partial charge on any atom is 0.339 e. The van der Waals surface area contributed by atoms with Gasteiger partial charge in [-0.15, -0.1) is 0 Å². The van der Waals surface area contributed by atoms with Gasteiger partial charge in [-0.25, -0.2) is 14.0 Å². The minimum absolute atomic E-state index is 0.130. The predicted octanol–water partition coefficient (Wildman–Crippen LogP) is 3.55. The number of para-hydroxylation sites is 1. The van der Waals surface area contributed by atoms with E-state index < -0.39 is 11.6 Å². The summed E-state index contributed by atoms with van der Waals surface area (Å²) in [6.07, 6.45) is 2.70. The van der Waals surface area contributed by atoms with Crippen LogP contribution in [0.25, 0.3) is 17.0 Å². The summed E-state index contributed by atoms with van der Waals surface area (Å²) in [4.78, 5) is 23.4. The number of carbonyl (C=O) groups excluding carboxylic acids is 1. The molecule has 3 aromatic rings. The van der Waals surface area contributed by atoms with Gasteiger partial charge in [-0.2, -0.15) is 0 Å². The van der Waals surface area contributed by atoms with Crippen LogP contribution < -0.4 is 10.4 Å². The minimum atomic E-state index is -0.648. The van der Waals surface area contributed by atoms with Crippen LogP contribution in [-0.4, -0.2) is 5.97 Å². The molecule has 23 heavy (non-hydrogen) atoms. The number of esters is 1. The van der Waals surface area contributed by atoms with Gasteiger partial charge in [0.1, 0.15) is 17.1 Å². The molecule has 0 saturated heterocycles. The van der Waals surface area contributed by atoms with Crippen molar-refractivity contribution in [3.05, 3.63) is 82.5 Å². The van der Waals surface area contributed by atoms with Crippen molar-refractivity contribution in [2.45, 2.75) is 0 Å². The average Bonchev–Trinajstić information content (AvgIpc) is 2.54. The first kappa shape index (κ1) is 14.7. The van der Waals surface area contributed by atoms with E-state index >= 15 is 0 Å². The van der Waals surface area contributed by atoms with Gasteiger partial charge >= 0.3 is 11.6 Å². The number of halogens is 1. The Morgan fingerprint density at radius 3 is 2.61 bits per heavy atom. The van der Waals surface area contributed by atoms with Gasteiger partial charge in [-0.1, -0.05) is 24.3 Å². The van der Waals surface area contributed by atoms with Gasteiger partial charge in [0.2, 0.25) is 0 Å². The van der Waals surface area contributed by atoms with E-state index in [9.17, 15) is 14.0 Å². The summed E-state index contributed by atoms with van der Waals surface area (Å²) >= 11 is 0. The van der Waals surface area contributed by atoms with Gasteiger partial charge in [0.25, 0.3) is 0 Å². The fourth-order valence-corrected chi connectivity index (χ4v) is 2.05. The maximum atomic E-state index is 12.8. The van der Waals surface area contributed by atoms with E-state index in [1.165, 1.54) is 36.4 Å². The lowest BCUT2D eigenvalue weighted by molar-refractivity contribution is -0.128. The molecule has 0 atom stereocenters. The minimum Gasteiger partial charge on any atom is -0.422 e. The van der Waals surface area contributed by atoms with Crippen molar-refractivity contribution in [1.29, 1.82) is 0 Å². The molecule has 114 valence electrons. The van der Waals surface area contributed by atoms with Crippen molar-refractivity contribution in [3.63, 3.8) is 0 Å². The first-order valence-corrected chi connectivity index (χ1v) is 6.80. The second kappa shape index (κ2) is 6.27. The molecule has 0 unspecified atom stereocenters. The lowest BCUT2D eigenvalue weighted by Crippen LogP contribution is -2.07. The zero-order chi connectivity index (χ0) is 16.2. The van der Waals surface area contributed by atoms with E-state index in [4.69, 9.17) is 9.15 Å². The highest BCUT2D eigenvalue weighted by Gasteiger charge is 2.09. The zero-order valence-corrected chi connectivity index (χ0v) is 11.9. The Hall–Kier alpha value is -3.21. The molecule has 2 aromatic carbocycles. The van der Waals surface area contributed by atoms with Crippen LogP contribution in [0.15, 0.2) is 69.9 Å². The van der Waals surface area contributed by atoms with E-state index in [1.54, 1.807) is 24.3 Å². The Bertz CT molecular complexity index is 939. The Balaban J connectivity index is 1.83. The summed E-state index contributed by atoms with van der Waals surface area (Å²) in [7, 11) is 0. The Kier molecular flexibility index (Phi) is 4.01. The fourth-order valence-electron chi connectivity index (χ4n) is 2.05. The summed E-state index contributed by atoms with van der Waals surface area (Å²) in [5.41, 5.74) is 0.389. The van der Waals surface area contributed by atoms with Gasteiger partial charge in [0, 0.05) is 6.08 Å². The Labute approximate surface area is 130 Å². The predicted molar refractivity (Wildman–Crippen MR) is 83.6 cm³/mol. The molecule has 3 rings (SSSR count). The SMILES string of the molecule is O=C(/C=C/c1ccc(F)cc1)Oc1cc(=O)oc2ccccc12. The number of benzene rings is 2. The highest BCUT2D eigenvalue weighted by Crippen LogP contribution is 2.23. The Morgan fingerprint density at radius 1 is 1.09 bits per heavy atom. The molecule has 5 heteroatoms. The summed E-state index contributed by atoms with van der Waals surface area (Å²) in [5.74, 6) is -0.872. The summed E-state index contributed by atoms with van der Waals surface area (Å²) in [6.45, 7) is 0. The van der Waals surface area contributed by atoms with E-state index in [0.29, 0.717) is 16.5 Å². The maximum absolute atomic E-state index is 12.8. The van der Waals surface area contributed by atoms with Gasteiger partial charge in [-0.3, -0.25) is 0 Å². The lowest BCUT2D eigenvalue weighted by atomic mass is 10.2. The van der Waals surface area contributed by atoms with Crippen LogP contribution in [-0.2, 0) is 4.79 Å². The molecule has 0 aliphatic carbocycles. The number of rotatable bonds is 3. The van der Waals surface area contributed by atoms with Crippen molar-refractivity contribution < 1.29 is 18.3 Å². The molecule has 0 fully saturated rings. The van der Waals surface area contributed by atoms with Crippen LogP contribution >= 0.6 is 0 Å². The highest BCUT2D eigenvalue weighted by atomic mass is 19.1. The van der Waals surface area contributed by atoms with Crippen LogP contribution in [0.3, 0.4) is 0 Å². The van der Waals surface area contributed by atoms with Crippen molar-refractivity contribution in [2.24, 2.45) is 0 Å². The van der Waals surface area contributed by atoms with Gasteiger partial charge < -0.3 is 9.15 Å². The van der Waals surface area contributed by atoms with E-state index in [1.807, 2.05) is 0 Å². The van der Waals surface area contributed by atoms with Crippen LogP contribution in [0.4, 0.5) is 4.39 Å². The average molecular weight is 310 g/mol. The molecule has 4 nitrogen and oxygen atoms in total. The smallest absolute Gasteiger partial charge is 0.339 e. The number of ether oxygens (including phenoxy) is 1. The third kappa shape index (κ3) is 3.52. The molecule has 0 amide bonds. The third-order valence-corrected chi connectivity index (χ3v) is 3.10. The number of fused-ring (bicyclic) bond motifs is 1. The fraction of sp³-hybridized carbons (Fsp3) is 0. The normalized spacial score (nSPS) is 11.0. The van der Waals surface area contributed by atoms with Crippen LogP contribution in [0.1, 0.15) is 5.56 Å². The van der Waals surface area contributed by atoms with E-state index in [2.05, 4.69) is 0 Å². The van der Waals surface area contributed by atoms with Crippen molar-refractivity contribution >= 4 is 23.0 Å². The van der Waals surface area contributed by atoms with E-state index in [-0.39, 0.29) is 11.6 Å². The van der Waals surface area contributed by atoms with Crippen molar-refractivity contribution in [3.8, 4) is 5.75 Å². The molecule has 0 radical (unpaired) electrons. The van der Waals surface area contributed by atoms with Gasteiger partial charge in [0.15, 0.2) is 0 Å². The largest absolute Gasteiger partial charge is 0.422 e. The molecule has 0 bridgehead atoms. The Morgan fingerprint density at radius 2 is 1.83 bits per heavy atom. The molecule has 0 aliphatic heterocycles. The topological polar surface area (TPSA) is 56.5 Å². The molecule has 0 spiro atoms. The number of carbonyl (C=O) groups is 1. The molecular weight excluding hydrogens is 299 g/mol. The first-order valence-electron chi connectivity index (χ1n) is 6.80. The summed E-state index contributed by atoms with van der Waals surface area (Å²) in [5, 5.41) is 0.524. The first-order chi connectivity index (χ1) is 11.1. The molecule has 1 heterocycles. The van der Waals surface area contributed by atoms with Crippen LogP contribution in [0.5, 0.6) is 5.75 Å². The number of hydrogen-bond donors (Lipinski definition) is 0. The monoisotopic (exact) mass is 310 g/mol.